The van der Waals surface area contributed by atoms with Crippen LogP contribution >= 0.6 is 0 Å². The fraction of sp³-hybridized carbons (Fsp3) is 0.333. The maximum Gasteiger partial charge on any atom is 0.255 e. The normalized spacial score (nSPS) is 12.1. The van der Waals surface area contributed by atoms with Crippen molar-refractivity contribution >= 4 is 23.2 Å². The van der Waals surface area contributed by atoms with Crippen molar-refractivity contribution in [2.24, 2.45) is 0 Å². The van der Waals surface area contributed by atoms with Gasteiger partial charge in [0.05, 0.1) is 6.54 Å². The zero-order valence-electron chi connectivity index (χ0n) is 16.4. The Balaban J connectivity index is 1.63. The number of nitrogens with zero attached hydrogens (tertiary/aromatic N) is 1. The van der Waals surface area contributed by atoms with Crippen LogP contribution < -0.4 is 20.1 Å². The molecule has 28 heavy (non-hydrogen) atoms. The SMILES string of the molecule is CCN(CC)CC(=O)Nc1ccc(NC(=O)c2ccc3c(c2)OCO3)cc1C. The summed E-state index contributed by atoms with van der Waals surface area (Å²) in [6.45, 7) is 8.13. The molecule has 2 amide bonds. The maximum absolute atomic E-state index is 12.5. The Labute approximate surface area is 164 Å². The molecular formula is C21H25N3O4. The van der Waals surface area contributed by atoms with Gasteiger partial charge in [-0.05, 0) is 62.0 Å². The van der Waals surface area contributed by atoms with Gasteiger partial charge in [0.1, 0.15) is 0 Å². The summed E-state index contributed by atoms with van der Waals surface area (Å²) >= 11 is 0. The molecular weight excluding hydrogens is 358 g/mol. The monoisotopic (exact) mass is 383 g/mol. The van der Waals surface area contributed by atoms with Gasteiger partial charge < -0.3 is 20.1 Å². The summed E-state index contributed by atoms with van der Waals surface area (Å²) in [6, 6.07) is 10.5. The fourth-order valence-electron chi connectivity index (χ4n) is 2.96. The van der Waals surface area contributed by atoms with Crippen molar-refractivity contribution in [2.75, 3.05) is 37.1 Å². The van der Waals surface area contributed by atoms with Crippen molar-refractivity contribution in [3.05, 3.63) is 47.5 Å². The van der Waals surface area contributed by atoms with Gasteiger partial charge in [-0.2, -0.15) is 0 Å². The van der Waals surface area contributed by atoms with Crippen molar-refractivity contribution in [3.8, 4) is 11.5 Å². The maximum atomic E-state index is 12.5. The van der Waals surface area contributed by atoms with Gasteiger partial charge in [0.25, 0.3) is 5.91 Å². The summed E-state index contributed by atoms with van der Waals surface area (Å²) in [6.07, 6.45) is 0. The predicted molar refractivity (Wildman–Crippen MR) is 108 cm³/mol. The predicted octanol–water partition coefficient (Wildman–Crippen LogP) is 3.26. The summed E-state index contributed by atoms with van der Waals surface area (Å²) < 4.78 is 10.6. The van der Waals surface area contributed by atoms with Gasteiger partial charge in [0.15, 0.2) is 11.5 Å². The van der Waals surface area contributed by atoms with Crippen LogP contribution in [0.5, 0.6) is 11.5 Å². The van der Waals surface area contributed by atoms with Crippen LogP contribution in [0.4, 0.5) is 11.4 Å². The molecule has 2 aromatic carbocycles. The summed E-state index contributed by atoms with van der Waals surface area (Å²) in [4.78, 5) is 26.7. The summed E-state index contributed by atoms with van der Waals surface area (Å²) in [5.74, 6) is 0.909. The number of carbonyl (C=O) groups is 2. The summed E-state index contributed by atoms with van der Waals surface area (Å²) in [5.41, 5.74) is 2.75. The molecule has 148 valence electrons. The Morgan fingerprint density at radius 3 is 2.46 bits per heavy atom. The molecule has 2 N–H and O–H groups in total. The zero-order valence-corrected chi connectivity index (χ0v) is 16.4. The molecule has 1 aliphatic heterocycles. The largest absolute Gasteiger partial charge is 0.454 e. The second-order valence-electron chi connectivity index (χ2n) is 6.56. The van der Waals surface area contributed by atoms with Crippen LogP contribution in [0.1, 0.15) is 29.8 Å². The van der Waals surface area contributed by atoms with E-state index in [2.05, 4.69) is 10.6 Å². The minimum atomic E-state index is -0.240. The van der Waals surface area contributed by atoms with Gasteiger partial charge in [-0.25, -0.2) is 0 Å². The first-order valence-corrected chi connectivity index (χ1v) is 9.34. The molecule has 0 radical (unpaired) electrons. The molecule has 0 aromatic heterocycles. The number of fused-ring (bicyclic) bond motifs is 1. The minimum Gasteiger partial charge on any atom is -0.454 e. The van der Waals surface area contributed by atoms with Crippen LogP contribution in [0.25, 0.3) is 0 Å². The molecule has 0 atom stereocenters. The summed E-state index contributed by atoms with van der Waals surface area (Å²) in [7, 11) is 0. The molecule has 7 heteroatoms. The zero-order chi connectivity index (χ0) is 20.1. The number of ether oxygens (including phenoxy) is 2. The molecule has 0 aliphatic carbocycles. The van der Waals surface area contributed by atoms with Gasteiger partial charge in [0, 0.05) is 16.9 Å². The number of likely N-dealkylation sites (N-methyl/N-ethyl adjacent to an activating group) is 1. The average molecular weight is 383 g/mol. The van der Waals surface area contributed by atoms with Gasteiger partial charge in [-0.15, -0.1) is 0 Å². The molecule has 0 spiro atoms. The van der Waals surface area contributed by atoms with Crippen molar-refractivity contribution in [1.82, 2.24) is 4.90 Å². The Hall–Kier alpha value is -3.06. The second kappa shape index (κ2) is 8.75. The van der Waals surface area contributed by atoms with Crippen molar-refractivity contribution in [1.29, 1.82) is 0 Å². The molecule has 0 fully saturated rings. The number of rotatable bonds is 7. The van der Waals surface area contributed by atoms with Crippen molar-refractivity contribution in [3.63, 3.8) is 0 Å². The number of hydrogen-bond donors (Lipinski definition) is 2. The number of amides is 2. The lowest BCUT2D eigenvalue weighted by Crippen LogP contribution is -2.33. The highest BCUT2D eigenvalue weighted by Crippen LogP contribution is 2.32. The van der Waals surface area contributed by atoms with E-state index in [1.165, 1.54) is 0 Å². The molecule has 3 rings (SSSR count). The second-order valence-corrected chi connectivity index (χ2v) is 6.56. The lowest BCUT2D eigenvalue weighted by atomic mass is 10.1. The van der Waals surface area contributed by atoms with Crippen LogP contribution in [0.2, 0.25) is 0 Å². The van der Waals surface area contributed by atoms with Crippen LogP contribution in [0, 0.1) is 6.92 Å². The Morgan fingerprint density at radius 1 is 1.00 bits per heavy atom. The van der Waals surface area contributed by atoms with Gasteiger partial charge in [-0.1, -0.05) is 13.8 Å². The highest BCUT2D eigenvalue weighted by Gasteiger charge is 2.16. The van der Waals surface area contributed by atoms with Crippen molar-refractivity contribution in [2.45, 2.75) is 20.8 Å². The Bertz CT molecular complexity index is 878. The molecule has 0 bridgehead atoms. The van der Waals surface area contributed by atoms with Crippen molar-refractivity contribution < 1.29 is 19.1 Å². The quantitative estimate of drug-likeness (QED) is 0.767. The lowest BCUT2D eigenvalue weighted by Gasteiger charge is -2.18. The molecule has 0 saturated carbocycles. The van der Waals surface area contributed by atoms with Crippen LogP contribution in [0.3, 0.4) is 0 Å². The summed E-state index contributed by atoms with van der Waals surface area (Å²) in [5, 5.41) is 5.79. The van der Waals surface area contributed by atoms with E-state index in [9.17, 15) is 9.59 Å². The highest BCUT2D eigenvalue weighted by atomic mass is 16.7. The number of aryl methyl sites for hydroxylation is 1. The van der Waals surface area contributed by atoms with Crippen LogP contribution in [-0.4, -0.2) is 43.1 Å². The van der Waals surface area contributed by atoms with E-state index < -0.39 is 0 Å². The van der Waals surface area contributed by atoms with E-state index in [1.54, 1.807) is 30.3 Å². The Morgan fingerprint density at radius 2 is 1.75 bits per heavy atom. The number of hydrogen-bond acceptors (Lipinski definition) is 5. The number of carbonyl (C=O) groups excluding carboxylic acids is 2. The first-order valence-electron chi connectivity index (χ1n) is 9.34. The molecule has 7 nitrogen and oxygen atoms in total. The van der Waals surface area contributed by atoms with Gasteiger partial charge >= 0.3 is 0 Å². The van der Waals surface area contributed by atoms with E-state index in [4.69, 9.17) is 9.47 Å². The fourth-order valence-corrected chi connectivity index (χ4v) is 2.96. The van der Waals surface area contributed by atoms with Gasteiger partial charge in [-0.3, -0.25) is 14.5 Å². The number of nitrogens with one attached hydrogen (secondary N) is 2. The van der Waals surface area contributed by atoms with E-state index in [1.807, 2.05) is 31.7 Å². The average Bonchev–Trinajstić information content (AvgIpc) is 3.16. The smallest absolute Gasteiger partial charge is 0.255 e. The molecule has 1 aliphatic rings. The first kappa shape index (κ1) is 19.7. The number of anilines is 2. The highest BCUT2D eigenvalue weighted by molar-refractivity contribution is 6.05. The Kier molecular flexibility index (Phi) is 6.16. The lowest BCUT2D eigenvalue weighted by molar-refractivity contribution is -0.117. The topological polar surface area (TPSA) is 79.9 Å². The third-order valence-electron chi connectivity index (χ3n) is 4.65. The van der Waals surface area contributed by atoms with E-state index >= 15 is 0 Å². The van der Waals surface area contributed by atoms with Crippen LogP contribution in [0.15, 0.2) is 36.4 Å². The standard InChI is InChI=1S/C21H25N3O4/c1-4-24(5-2)12-20(25)23-17-8-7-16(10-14(17)3)22-21(26)15-6-9-18-19(11-15)28-13-27-18/h6-11H,4-5,12-13H2,1-3H3,(H,22,26)(H,23,25). The first-order chi connectivity index (χ1) is 13.5. The molecule has 0 saturated heterocycles. The molecule has 1 heterocycles. The van der Waals surface area contributed by atoms with E-state index in [0.717, 1.165) is 24.3 Å². The minimum absolute atomic E-state index is 0.0519. The van der Waals surface area contributed by atoms with E-state index in [-0.39, 0.29) is 18.6 Å². The van der Waals surface area contributed by atoms with E-state index in [0.29, 0.717) is 29.3 Å². The van der Waals surface area contributed by atoms with Crippen LogP contribution in [-0.2, 0) is 4.79 Å². The number of benzene rings is 2. The molecule has 0 unspecified atom stereocenters. The molecule has 2 aromatic rings. The van der Waals surface area contributed by atoms with Gasteiger partial charge in [0.2, 0.25) is 12.7 Å². The third kappa shape index (κ3) is 4.61. The third-order valence-corrected chi connectivity index (χ3v) is 4.65.